The van der Waals surface area contributed by atoms with Crippen molar-refractivity contribution >= 4 is 0 Å². The molecule has 2 aliphatic rings. The number of aliphatic hydroxyl groups excluding tert-OH is 9. The standard InChI is InChI=1S/C13H24O12/c14-1-5-7(18)9(20)11(22)13(4-17,23-5)25-12(3-16)10(21)8(19)6(2-15)24-12/h5-11,14-22H,1-4H2/t5-,6-,7-,8-,9+,10+,11-,12?,13+/m1/s1. The van der Waals surface area contributed by atoms with Gasteiger partial charge in [0.2, 0.25) is 11.6 Å². The maximum Gasteiger partial charge on any atom is 0.224 e. The van der Waals surface area contributed by atoms with Crippen LogP contribution in [-0.4, -0.2) is 127 Å². The third-order valence-electron chi connectivity index (χ3n) is 4.51. The summed E-state index contributed by atoms with van der Waals surface area (Å²) < 4.78 is 15.6. The Bertz CT molecular complexity index is 449. The van der Waals surface area contributed by atoms with Crippen molar-refractivity contribution in [2.24, 2.45) is 0 Å². The summed E-state index contributed by atoms with van der Waals surface area (Å²) in [5.41, 5.74) is 0. The van der Waals surface area contributed by atoms with Gasteiger partial charge in [0.1, 0.15) is 55.9 Å². The maximum atomic E-state index is 10.2. The van der Waals surface area contributed by atoms with E-state index >= 15 is 0 Å². The zero-order chi connectivity index (χ0) is 19.0. The van der Waals surface area contributed by atoms with Crippen LogP contribution in [-0.2, 0) is 14.2 Å². The number of hydrogen-bond acceptors (Lipinski definition) is 12. The van der Waals surface area contributed by atoms with Gasteiger partial charge in [-0.25, -0.2) is 0 Å². The van der Waals surface area contributed by atoms with E-state index in [2.05, 4.69) is 0 Å². The molecule has 12 nitrogen and oxygen atoms in total. The molecular weight excluding hydrogens is 348 g/mol. The first-order valence-corrected chi connectivity index (χ1v) is 7.61. The third kappa shape index (κ3) is 3.29. The minimum Gasteiger partial charge on any atom is -0.394 e. The van der Waals surface area contributed by atoms with Crippen LogP contribution >= 0.6 is 0 Å². The molecule has 12 heteroatoms. The predicted molar refractivity (Wildman–Crippen MR) is 74.7 cm³/mol. The highest BCUT2D eigenvalue weighted by Crippen LogP contribution is 2.40. The van der Waals surface area contributed by atoms with Crippen molar-refractivity contribution in [1.82, 2.24) is 0 Å². The lowest BCUT2D eigenvalue weighted by atomic mass is 9.92. The van der Waals surface area contributed by atoms with Crippen LogP contribution in [0.4, 0.5) is 0 Å². The van der Waals surface area contributed by atoms with Gasteiger partial charge < -0.3 is 60.2 Å². The Morgan fingerprint density at radius 3 is 1.40 bits per heavy atom. The molecule has 2 rings (SSSR count). The van der Waals surface area contributed by atoms with Crippen molar-refractivity contribution in [3.8, 4) is 0 Å². The lowest BCUT2D eigenvalue weighted by Crippen LogP contribution is -2.70. The molecule has 0 amide bonds. The molecule has 1 unspecified atom stereocenters. The summed E-state index contributed by atoms with van der Waals surface area (Å²) in [7, 11) is 0. The lowest BCUT2D eigenvalue weighted by molar-refractivity contribution is -0.439. The minimum atomic E-state index is -2.51. The molecule has 9 atom stereocenters. The molecule has 0 aromatic heterocycles. The topological polar surface area (TPSA) is 210 Å². The Morgan fingerprint density at radius 1 is 0.640 bits per heavy atom. The zero-order valence-corrected chi connectivity index (χ0v) is 13.1. The summed E-state index contributed by atoms with van der Waals surface area (Å²) >= 11 is 0. The lowest BCUT2D eigenvalue weighted by Gasteiger charge is -2.50. The Morgan fingerprint density at radius 2 is 1.04 bits per heavy atom. The summed E-state index contributed by atoms with van der Waals surface area (Å²) in [5, 5.41) is 87.5. The fourth-order valence-electron chi connectivity index (χ4n) is 3.00. The molecule has 2 aliphatic heterocycles. The van der Waals surface area contributed by atoms with Crippen molar-refractivity contribution in [2.45, 2.75) is 54.3 Å². The van der Waals surface area contributed by atoms with Crippen LogP contribution in [0, 0.1) is 0 Å². The van der Waals surface area contributed by atoms with Crippen molar-refractivity contribution in [3.05, 3.63) is 0 Å². The molecular formula is C13H24O12. The van der Waals surface area contributed by atoms with Gasteiger partial charge in [-0.2, -0.15) is 0 Å². The van der Waals surface area contributed by atoms with Gasteiger partial charge in [0.15, 0.2) is 0 Å². The average molecular weight is 372 g/mol. The van der Waals surface area contributed by atoms with Crippen LogP contribution in [0.15, 0.2) is 0 Å². The summed E-state index contributed by atoms with van der Waals surface area (Å²) in [4.78, 5) is 0. The van der Waals surface area contributed by atoms with E-state index in [1.165, 1.54) is 0 Å². The van der Waals surface area contributed by atoms with Crippen LogP contribution in [0.1, 0.15) is 0 Å². The SMILES string of the molecule is OC[C@H]1OC(CO)(O[C@]2(CO)O[C@H](CO)[C@@H](O)[C@H](O)[C@H]2O)[C@@H](O)[C@@H]1O. The first-order chi connectivity index (χ1) is 11.7. The first-order valence-electron chi connectivity index (χ1n) is 7.61. The van der Waals surface area contributed by atoms with E-state index in [9.17, 15) is 40.9 Å². The smallest absolute Gasteiger partial charge is 0.224 e. The van der Waals surface area contributed by atoms with Crippen molar-refractivity contribution in [2.75, 3.05) is 26.4 Å². The minimum absolute atomic E-state index is 0.737. The maximum absolute atomic E-state index is 10.2. The highest BCUT2D eigenvalue weighted by atomic mass is 16.8. The molecule has 2 fully saturated rings. The molecule has 9 N–H and O–H groups in total. The molecule has 0 aromatic carbocycles. The molecule has 2 heterocycles. The quantitative estimate of drug-likeness (QED) is 0.213. The second-order valence-corrected chi connectivity index (χ2v) is 6.08. The van der Waals surface area contributed by atoms with Gasteiger partial charge >= 0.3 is 0 Å². The zero-order valence-electron chi connectivity index (χ0n) is 13.1. The Hall–Kier alpha value is -0.480. The van der Waals surface area contributed by atoms with E-state index in [-0.39, 0.29) is 0 Å². The molecule has 0 bridgehead atoms. The first kappa shape index (κ1) is 20.8. The van der Waals surface area contributed by atoms with Crippen molar-refractivity contribution < 1.29 is 60.2 Å². The Kier molecular flexibility index (Phi) is 6.36. The largest absolute Gasteiger partial charge is 0.394 e. The molecule has 0 spiro atoms. The van der Waals surface area contributed by atoms with Crippen LogP contribution in [0.3, 0.4) is 0 Å². The molecule has 0 saturated carbocycles. The van der Waals surface area contributed by atoms with Gasteiger partial charge in [-0.05, 0) is 0 Å². The predicted octanol–water partition coefficient (Wildman–Crippen LogP) is -6.03. The van der Waals surface area contributed by atoms with Gasteiger partial charge in [0.25, 0.3) is 0 Å². The number of aliphatic hydroxyl groups is 9. The van der Waals surface area contributed by atoms with Gasteiger partial charge in [0.05, 0.1) is 13.2 Å². The Balaban J connectivity index is 2.35. The van der Waals surface area contributed by atoms with E-state index in [1.54, 1.807) is 0 Å². The normalized spacial score (nSPS) is 51.0. The van der Waals surface area contributed by atoms with Gasteiger partial charge in [-0.3, -0.25) is 0 Å². The van der Waals surface area contributed by atoms with E-state index in [1.807, 2.05) is 0 Å². The van der Waals surface area contributed by atoms with E-state index in [0.717, 1.165) is 0 Å². The van der Waals surface area contributed by atoms with Gasteiger partial charge in [-0.15, -0.1) is 0 Å². The van der Waals surface area contributed by atoms with E-state index in [4.69, 9.17) is 19.3 Å². The van der Waals surface area contributed by atoms with Crippen molar-refractivity contribution in [3.63, 3.8) is 0 Å². The summed E-state index contributed by atoms with van der Waals surface area (Å²) in [5.74, 6) is -4.93. The Labute approximate surface area is 142 Å². The number of ether oxygens (including phenoxy) is 3. The second kappa shape index (κ2) is 7.64. The summed E-state index contributed by atoms with van der Waals surface area (Å²) in [6.07, 6.45) is -12.1. The molecule has 0 aliphatic carbocycles. The number of rotatable bonds is 6. The average Bonchev–Trinajstić information content (AvgIpc) is 2.87. The van der Waals surface area contributed by atoms with E-state index < -0.39 is 80.7 Å². The van der Waals surface area contributed by atoms with Crippen LogP contribution < -0.4 is 0 Å². The van der Waals surface area contributed by atoms with Gasteiger partial charge in [-0.1, -0.05) is 0 Å². The molecule has 148 valence electrons. The fraction of sp³-hybridized carbons (Fsp3) is 1.00. The van der Waals surface area contributed by atoms with Crippen LogP contribution in [0.25, 0.3) is 0 Å². The fourth-order valence-corrected chi connectivity index (χ4v) is 3.00. The molecule has 2 saturated heterocycles. The van der Waals surface area contributed by atoms with Gasteiger partial charge in [0, 0.05) is 0 Å². The third-order valence-corrected chi connectivity index (χ3v) is 4.51. The van der Waals surface area contributed by atoms with Crippen LogP contribution in [0.5, 0.6) is 0 Å². The second-order valence-electron chi connectivity index (χ2n) is 6.08. The van der Waals surface area contributed by atoms with E-state index in [0.29, 0.717) is 0 Å². The molecule has 25 heavy (non-hydrogen) atoms. The monoisotopic (exact) mass is 372 g/mol. The highest BCUT2D eigenvalue weighted by molar-refractivity contribution is 5.02. The highest BCUT2D eigenvalue weighted by Gasteiger charge is 2.63. The molecule has 0 aromatic rings. The number of hydrogen-bond donors (Lipinski definition) is 9. The van der Waals surface area contributed by atoms with Crippen LogP contribution in [0.2, 0.25) is 0 Å². The summed E-state index contributed by atoms with van der Waals surface area (Å²) in [6, 6.07) is 0. The molecule has 0 radical (unpaired) electrons. The summed E-state index contributed by atoms with van der Waals surface area (Å²) in [6.45, 7) is -3.76. The van der Waals surface area contributed by atoms with Crippen molar-refractivity contribution in [1.29, 1.82) is 0 Å².